The number of fused-ring (bicyclic) bond motifs is 1. The second-order valence-corrected chi connectivity index (χ2v) is 8.70. The second kappa shape index (κ2) is 8.18. The third-order valence-electron chi connectivity index (χ3n) is 6.15. The van der Waals surface area contributed by atoms with Crippen molar-refractivity contribution in [2.45, 2.75) is 26.3 Å². The van der Waals surface area contributed by atoms with E-state index in [-0.39, 0.29) is 12.5 Å². The number of hydrogen-bond acceptors (Lipinski definition) is 6. The molecular weight excluding hydrogens is 458 g/mol. The lowest BCUT2D eigenvalue weighted by Gasteiger charge is -2.13. The summed E-state index contributed by atoms with van der Waals surface area (Å²) in [7, 11) is 1.60. The predicted molar refractivity (Wildman–Crippen MR) is 126 cm³/mol. The van der Waals surface area contributed by atoms with Gasteiger partial charge in [-0.05, 0) is 55.7 Å². The van der Waals surface area contributed by atoms with Crippen LogP contribution in [-0.2, 0) is 16.1 Å². The highest BCUT2D eigenvalue weighted by Gasteiger charge is 2.55. The standard InChI is InChI=1S/C24H22ClN5O4/c1-13-28-21(34-29-13)20-19(25)17-11-16(33-2)7-8-18(17)30(20)15-5-3-14(4-6-15)12-27-23(32)24(9-10-24)22(26)31/h3-8,11H,9-10,12H2,1-2H3,(H2,26,31)(H,27,32). The molecule has 174 valence electrons. The van der Waals surface area contributed by atoms with Gasteiger partial charge in [-0.15, -0.1) is 0 Å². The highest BCUT2D eigenvalue weighted by molar-refractivity contribution is 6.38. The molecule has 0 spiro atoms. The number of hydrogen-bond donors (Lipinski definition) is 2. The number of nitrogens with zero attached hydrogens (tertiary/aromatic N) is 3. The SMILES string of the molecule is COc1ccc2c(c1)c(Cl)c(-c1nc(C)no1)n2-c1ccc(CNC(=O)C2(C(N)=O)CC2)cc1. The Morgan fingerprint density at radius 3 is 2.56 bits per heavy atom. The number of aryl methyl sites for hydroxylation is 1. The average molecular weight is 480 g/mol. The Bertz CT molecular complexity index is 1420. The summed E-state index contributed by atoms with van der Waals surface area (Å²) in [5.41, 5.74) is 7.44. The maximum absolute atomic E-state index is 12.4. The predicted octanol–water partition coefficient (Wildman–Crippen LogP) is 3.53. The number of aromatic nitrogens is 3. The van der Waals surface area contributed by atoms with Crippen molar-refractivity contribution >= 4 is 34.3 Å². The van der Waals surface area contributed by atoms with Gasteiger partial charge in [0.05, 0.1) is 17.6 Å². The lowest BCUT2D eigenvalue weighted by molar-refractivity contribution is -0.135. The molecule has 2 aromatic heterocycles. The average Bonchev–Trinajstić information content (AvgIpc) is 3.48. The maximum Gasteiger partial charge on any atom is 0.276 e. The molecule has 0 aliphatic heterocycles. The van der Waals surface area contributed by atoms with Crippen molar-refractivity contribution in [2.75, 3.05) is 7.11 Å². The maximum atomic E-state index is 12.4. The summed E-state index contributed by atoms with van der Waals surface area (Å²) < 4.78 is 12.7. The molecular formula is C24H22ClN5O4. The zero-order valence-electron chi connectivity index (χ0n) is 18.6. The molecule has 1 saturated carbocycles. The van der Waals surface area contributed by atoms with E-state index in [9.17, 15) is 9.59 Å². The largest absolute Gasteiger partial charge is 0.497 e. The van der Waals surface area contributed by atoms with Crippen LogP contribution >= 0.6 is 11.6 Å². The molecule has 10 heteroatoms. The Kier molecular flexibility index (Phi) is 5.28. The highest BCUT2D eigenvalue weighted by atomic mass is 35.5. The summed E-state index contributed by atoms with van der Waals surface area (Å²) in [4.78, 5) is 28.3. The van der Waals surface area contributed by atoms with Crippen LogP contribution < -0.4 is 15.8 Å². The van der Waals surface area contributed by atoms with Gasteiger partial charge in [-0.1, -0.05) is 28.9 Å². The third kappa shape index (κ3) is 3.58. The number of benzene rings is 2. The Morgan fingerprint density at radius 1 is 1.24 bits per heavy atom. The van der Waals surface area contributed by atoms with Crippen LogP contribution in [0.2, 0.25) is 5.02 Å². The van der Waals surface area contributed by atoms with E-state index >= 15 is 0 Å². The number of primary amides is 1. The van der Waals surface area contributed by atoms with Crippen LogP contribution in [0.5, 0.6) is 5.75 Å². The van der Waals surface area contributed by atoms with Crippen molar-refractivity contribution in [3.05, 3.63) is 58.9 Å². The molecule has 9 nitrogen and oxygen atoms in total. The number of methoxy groups -OCH3 is 1. The quantitative estimate of drug-likeness (QED) is 0.390. The van der Waals surface area contributed by atoms with Gasteiger partial charge in [0.25, 0.3) is 5.89 Å². The van der Waals surface area contributed by atoms with Gasteiger partial charge in [0.15, 0.2) is 5.82 Å². The van der Waals surface area contributed by atoms with E-state index in [2.05, 4.69) is 15.5 Å². The fourth-order valence-corrected chi connectivity index (χ4v) is 4.35. The molecule has 0 saturated heterocycles. The number of carbonyl (C=O) groups is 2. The van der Waals surface area contributed by atoms with E-state index in [1.807, 2.05) is 47.0 Å². The number of halogens is 1. The third-order valence-corrected chi connectivity index (χ3v) is 6.53. The first-order valence-corrected chi connectivity index (χ1v) is 11.1. The topological polar surface area (TPSA) is 125 Å². The van der Waals surface area contributed by atoms with Gasteiger partial charge in [-0.2, -0.15) is 4.98 Å². The van der Waals surface area contributed by atoms with Crippen molar-refractivity contribution in [3.63, 3.8) is 0 Å². The number of rotatable bonds is 7. The molecule has 5 rings (SSSR count). The number of amides is 2. The molecule has 2 aromatic carbocycles. The summed E-state index contributed by atoms with van der Waals surface area (Å²) in [6.07, 6.45) is 0.995. The summed E-state index contributed by atoms with van der Waals surface area (Å²) in [5, 5.41) is 7.97. The first-order chi connectivity index (χ1) is 16.3. The number of ether oxygens (including phenoxy) is 1. The fourth-order valence-electron chi connectivity index (χ4n) is 4.03. The molecule has 2 amide bonds. The summed E-state index contributed by atoms with van der Waals surface area (Å²) >= 11 is 6.79. The molecule has 3 N–H and O–H groups in total. The molecule has 1 aliphatic carbocycles. The molecule has 0 atom stereocenters. The minimum Gasteiger partial charge on any atom is -0.497 e. The van der Waals surface area contributed by atoms with Crippen molar-refractivity contribution in [3.8, 4) is 23.0 Å². The molecule has 2 heterocycles. The van der Waals surface area contributed by atoms with E-state index in [1.54, 1.807) is 14.0 Å². The van der Waals surface area contributed by atoms with E-state index in [1.165, 1.54) is 0 Å². The second-order valence-electron chi connectivity index (χ2n) is 8.32. The molecule has 0 bridgehead atoms. The van der Waals surface area contributed by atoms with Crippen LogP contribution in [0.4, 0.5) is 0 Å². The van der Waals surface area contributed by atoms with E-state index in [0.717, 1.165) is 22.2 Å². The van der Waals surface area contributed by atoms with E-state index in [0.29, 0.717) is 41.0 Å². The van der Waals surface area contributed by atoms with E-state index in [4.69, 9.17) is 26.6 Å². The molecule has 4 aromatic rings. The van der Waals surface area contributed by atoms with Crippen molar-refractivity contribution < 1.29 is 18.8 Å². The normalized spacial score (nSPS) is 14.2. The zero-order chi connectivity index (χ0) is 24.0. The monoisotopic (exact) mass is 479 g/mol. The smallest absolute Gasteiger partial charge is 0.276 e. The van der Waals surface area contributed by atoms with Crippen LogP contribution in [0.25, 0.3) is 28.2 Å². The first kappa shape index (κ1) is 22.0. The lowest BCUT2D eigenvalue weighted by atomic mass is 10.1. The van der Waals surface area contributed by atoms with Gasteiger partial charge in [0.1, 0.15) is 16.9 Å². The van der Waals surface area contributed by atoms with Crippen LogP contribution in [-0.4, -0.2) is 33.6 Å². The summed E-state index contributed by atoms with van der Waals surface area (Å²) in [6.45, 7) is 2.03. The first-order valence-electron chi connectivity index (χ1n) is 10.7. The Labute approximate surface area is 199 Å². The van der Waals surface area contributed by atoms with Gasteiger partial charge in [-0.3, -0.25) is 9.59 Å². The molecule has 34 heavy (non-hydrogen) atoms. The highest BCUT2D eigenvalue weighted by Crippen LogP contribution is 2.45. The molecule has 1 fully saturated rings. The van der Waals surface area contributed by atoms with Crippen molar-refractivity contribution in [2.24, 2.45) is 11.1 Å². The van der Waals surface area contributed by atoms with Crippen LogP contribution in [0.3, 0.4) is 0 Å². The van der Waals surface area contributed by atoms with Gasteiger partial charge in [0.2, 0.25) is 11.8 Å². The fraction of sp³-hybridized carbons (Fsp3) is 0.250. The van der Waals surface area contributed by atoms with Gasteiger partial charge < -0.3 is 24.9 Å². The molecule has 0 radical (unpaired) electrons. The Morgan fingerprint density at radius 2 is 1.97 bits per heavy atom. The zero-order valence-corrected chi connectivity index (χ0v) is 19.3. The van der Waals surface area contributed by atoms with Crippen LogP contribution in [0.1, 0.15) is 24.2 Å². The van der Waals surface area contributed by atoms with Crippen LogP contribution in [0.15, 0.2) is 47.0 Å². The van der Waals surface area contributed by atoms with Crippen molar-refractivity contribution in [1.82, 2.24) is 20.0 Å². The minimum atomic E-state index is -1.04. The van der Waals surface area contributed by atoms with E-state index < -0.39 is 11.3 Å². The van der Waals surface area contributed by atoms with Gasteiger partial charge in [0, 0.05) is 17.6 Å². The number of carbonyl (C=O) groups excluding carboxylic acids is 2. The number of nitrogens with one attached hydrogen (secondary N) is 1. The Balaban J connectivity index is 1.50. The van der Waals surface area contributed by atoms with Gasteiger partial charge >= 0.3 is 0 Å². The lowest BCUT2D eigenvalue weighted by Crippen LogP contribution is -2.40. The van der Waals surface area contributed by atoms with Crippen molar-refractivity contribution in [1.29, 1.82) is 0 Å². The molecule has 1 aliphatic rings. The van der Waals surface area contributed by atoms with Crippen LogP contribution in [0, 0.1) is 12.3 Å². The molecule has 0 unspecified atom stereocenters. The summed E-state index contributed by atoms with van der Waals surface area (Å²) in [5.74, 6) is 0.578. The van der Waals surface area contributed by atoms with Gasteiger partial charge in [-0.25, -0.2) is 0 Å². The summed E-state index contributed by atoms with van der Waals surface area (Å²) in [6, 6.07) is 13.2. The Hall–Kier alpha value is -3.85. The number of nitrogens with two attached hydrogens (primary N) is 1. The minimum absolute atomic E-state index is 0.286.